The molecule has 0 aliphatic carbocycles. The molecule has 0 spiro atoms. The Hall–Kier alpha value is -4.54. The number of hydrogen-bond donors (Lipinski definition) is 0. The Bertz CT molecular complexity index is 1680. The lowest BCUT2D eigenvalue weighted by Gasteiger charge is -2.15. The van der Waals surface area contributed by atoms with Gasteiger partial charge in [-0.25, -0.2) is 4.98 Å². The van der Waals surface area contributed by atoms with Crippen LogP contribution in [0, 0.1) is 0 Å². The molecule has 0 saturated heterocycles. The average molecular weight is 506 g/mol. The first-order valence-electron chi connectivity index (χ1n) is 11.4. The van der Waals surface area contributed by atoms with Crippen molar-refractivity contribution in [1.82, 2.24) is 24.5 Å². The maximum atomic E-state index is 14.0. The van der Waals surface area contributed by atoms with Gasteiger partial charge in [0.05, 0.1) is 16.8 Å². The number of benzene rings is 2. The van der Waals surface area contributed by atoms with Gasteiger partial charge >= 0.3 is 6.61 Å². The highest BCUT2D eigenvalue weighted by atomic mass is 19.3. The zero-order valence-corrected chi connectivity index (χ0v) is 21.0. The molecule has 190 valence electrons. The first-order chi connectivity index (χ1) is 17.6. The third-order valence-corrected chi connectivity index (χ3v) is 5.99. The quantitative estimate of drug-likeness (QED) is 0.344. The van der Waals surface area contributed by atoms with Crippen molar-refractivity contribution in [1.29, 1.82) is 0 Å². The Morgan fingerprint density at radius 2 is 1.59 bits per heavy atom. The molecule has 0 unspecified atom stereocenters. The first-order valence-corrected chi connectivity index (χ1v) is 11.4. The Morgan fingerprint density at radius 3 is 2.24 bits per heavy atom. The van der Waals surface area contributed by atoms with Gasteiger partial charge in [-0.05, 0) is 48.0 Å². The minimum Gasteiger partial charge on any atom is -0.435 e. The van der Waals surface area contributed by atoms with Gasteiger partial charge in [0, 0.05) is 40.6 Å². The third kappa shape index (κ3) is 4.32. The van der Waals surface area contributed by atoms with Crippen molar-refractivity contribution in [2.24, 2.45) is 7.05 Å². The highest BCUT2D eigenvalue weighted by molar-refractivity contribution is 5.93. The van der Waals surface area contributed by atoms with Gasteiger partial charge < -0.3 is 14.5 Å². The van der Waals surface area contributed by atoms with E-state index in [2.05, 4.69) is 19.9 Å². The van der Waals surface area contributed by atoms with E-state index in [0.717, 1.165) is 16.7 Å². The summed E-state index contributed by atoms with van der Waals surface area (Å²) in [6.07, 6.45) is 0. The number of alkyl halides is 2. The van der Waals surface area contributed by atoms with Crippen LogP contribution in [0.25, 0.3) is 38.8 Å². The molecule has 0 amide bonds. The Morgan fingerprint density at radius 1 is 0.892 bits per heavy atom. The number of fused-ring (bicyclic) bond motifs is 2. The number of hydrogen-bond acceptors (Lipinski definition) is 7. The number of nitrogens with zero attached hydrogens (tertiary/aromatic N) is 7. The molecule has 0 N–H and O–H groups in total. The molecular formula is C26H25F2N7O2. The van der Waals surface area contributed by atoms with Crippen molar-refractivity contribution in [2.75, 3.05) is 38.0 Å². The molecule has 2 aromatic carbocycles. The monoisotopic (exact) mass is 505 g/mol. The maximum Gasteiger partial charge on any atom is 0.387 e. The minimum atomic E-state index is -2.94. The molecule has 5 aromatic rings. The fourth-order valence-electron chi connectivity index (χ4n) is 4.39. The van der Waals surface area contributed by atoms with Crippen LogP contribution in [0.1, 0.15) is 0 Å². The molecule has 0 aliphatic rings. The number of aryl methyl sites for hydroxylation is 1. The molecule has 0 aliphatic heterocycles. The summed E-state index contributed by atoms with van der Waals surface area (Å²) in [4.78, 5) is 22.4. The van der Waals surface area contributed by atoms with E-state index in [1.54, 1.807) is 28.9 Å². The predicted octanol–water partition coefficient (Wildman–Crippen LogP) is 4.07. The highest BCUT2D eigenvalue weighted by Crippen LogP contribution is 2.30. The molecule has 3 aromatic heterocycles. The van der Waals surface area contributed by atoms with Crippen molar-refractivity contribution in [3.8, 4) is 22.6 Å². The van der Waals surface area contributed by atoms with E-state index in [4.69, 9.17) is 0 Å². The largest absolute Gasteiger partial charge is 0.435 e. The van der Waals surface area contributed by atoms with E-state index in [1.165, 1.54) is 16.8 Å². The van der Waals surface area contributed by atoms with Crippen LogP contribution in [0.3, 0.4) is 0 Å². The molecule has 0 atom stereocenters. The van der Waals surface area contributed by atoms with Crippen molar-refractivity contribution in [2.45, 2.75) is 6.61 Å². The highest BCUT2D eigenvalue weighted by Gasteiger charge is 2.19. The number of pyridine rings is 1. The Labute approximate surface area is 211 Å². The van der Waals surface area contributed by atoms with Crippen molar-refractivity contribution in [3.05, 3.63) is 65.0 Å². The van der Waals surface area contributed by atoms with Crippen LogP contribution in [0.5, 0.6) is 5.75 Å². The van der Waals surface area contributed by atoms with Gasteiger partial charge in [-0.2, -0.15) is 23.7 Å². The van der Waals surface area contributed by atoms with Crippen LogP contribution >= 0.6 is 0 Å². The number of ether oxygens (including phenoxy) is 1. The summed E-state index contributed by atoms with van der Waals surface area (Å²) >= 11 is 0. The van der Waals surface area contributed by atoms with Gasteiger partial charge in [-0.1, -0.05) is 12.1 Å². The lowest BCUT2D eigenvalue weighted by atomic mass is 10.1. The lowest BCUT2D eigenvalue weighted by Crippen LogP contribution is -2.24. The van der Waals surface area contributed by atoms with Gasteiger partial charge in [0.25, 0.3) is 5.56 Å². The topological polar surface area (TPSA) is 81.3 Å². The fourth-order valence-corrected chi connectivity index (χ4v) is 4.39. The van der Waals surface area contributed by atoms with E-state index in [0.29, 0.717) is 33.7 Å². The van der Waals surface area contributed by atoms with Crippen molar-refractivity contribution >= 4 is 33.6 Å². The Balaban J connectivity index is 1.77. The van der Waals surface area contributed by atoms with Crippen LogP contribution < -0.4 is 20.1 Å². The molecular weight excluding hydrogens is 480 g/mol. The van der Waals surface area contributed by atoms with Gasteiger partial charge in [0.2, 0.25) is 0 Å². The van der Waals surface area contributed by atoms with Crippen LogP contribution in [-0.2, 0) is 7.05 Å². The zero-order chi connectivity index (χ0) is 26.4. The first kappa shape index (κ1) is 24.2. The molecule has 11 heteroatoms. The SMILES string of the molecule is CN(C)c1ccc2nn(-c3ccc4nn(C)c(N(C)C)c4c3)c(=O)c(-c3ccc(OC(F)F)cc3)c2n1. The third-order valence-electron chi connectivity index (χ3n) is 5.99. The van der Waals surface area contributed by atoms with Crippen LogP contribution in [0.4, 0.5) is 20.4 Å². The maximum absolute atomic E-state index is 14.0. The second-order valence-electron chi connectivity index (χ2n) is 8.97. The smallest absolute Gasteiger partial charge is 0.387 e. The molecule has 37 heavy (non-hydrogen) atoms. The fraction of sp³-hybridized carbons (Fsp3) is 0.231. The summed E-state index contributed by atoms with van der Waals surface area (Å²) in [6.45, 7) is -2.94. The van der Waals surface area contributed by atoms with E-state index in [1.807, 2.05) is 63.2 Å². The molecule has 0 saturated carbocycles. The average Bonchev–Trinajstić information content (AvgIpc) is 3.18. The van der Waals surface area contributed by atoms with Gasteiger partial charge in [-0.15, -0.1) is 0 Å². The van der Waals surface area contributed by atoms with E-state index in [-0.39, 0.29) is 5.75 Å². The van der Waals surface area contributed by atoms with Crippen molar-refractivity contribution < 1.29 is 13.5 Å². The van der Waals surface area contributed by atoms with Crippen LogP contribution in [0.2, 0.25) is 0 Å². The van der Waals surface area contributed by atoms with Crippen molar-refractivity contribution in [3.63, 3.8) is 0 Å². The lowest BCUT2D eigenvalue weighted by molar-refractivity contribution is -0.0498. The molecule has 0 fully saturated rings. The Kier molecular flexibility index (Phi) is 5.98. The van der Waals surface area contributed by atoms with Gasteiger partial charge in [0.15, 0.2) is 0 Å². The molecule has 9 nitrogen and oxygen atoms in total. The van der Waals surface area contributed by atoms with Gasteiger partial charge in [0.1, 0.15) is 28.4 Å². The standard InChI is InChI=1S/C26H25F2N7O2/c1-32(2)21-13-12-20-23(29-21)22(15-6-9-17(10-7-15)37-26(27)28)25(36)35(31-20)16-8-11-19-18(14-16)24(33(3)4)34(5)30-19/h6-14,26H,1-5H3. The molecule has 5 rings (SSSR count). The second kappa shape index (κ2) is 9.16. The second-order valence-corrected chi connectivity index (χ2v) is 8.97. The summed E-state index contributed by atoms with van der Waals surface area (Å²) in [7, 11) is 9.42. The van der Waals surface area contributed by atoms with E-state index in [9.17, 15) is 13.6 Å². The number of anilines is 2. The number of halogens is 2. The summed E-state index contributed by atoms with van der Waals surface area (Å²) < 4.78 is 32.9. The summed E-state index contributed by atoms with van der Waals surface area (Å²) in [5.41, 5.74) is 2.68. The number of aromatic nitrogens is 5. The predicted molar refractivity (Wildman–Crippen MR) is 140 cm³/mol. The molecule has 0 bridgehead atoms. The number of rotatable bonds is 6. The molecule has 0 radical (unpaired) electrons. The normalized spacial score (nSPS) is 11.5. The van der Waals surface area contributed by atoms with E-state index < -0.39 is 12.2 Å². The minimum absolute atomic E-state index is 0.00220. The molecule has 3 heterocycles. The summed E-state index contributed by atoms with van der Waals surface area (Å²) in [5.74, 6) is 1.54. The zero-order valence-electron chi connectivity index (χ0n) is 21.0. The van der Waals surface area contributed by atoms with Gasteiger partial charge in [-0.3, -0.25) is 9.48 Å². The summed E-state index contributed by atoms with van der Waals surface area (Å²) in [6, 6.07) is 15.1. The van der Waals surface area contributed by atoms with Crippen LogP contribution in [0.15, 0.2) is 59.4 Å². The van der Waals surface area contributed by atoms with Crippen LogP contribution in [-0.4, -0.2) is 59.3 Å². The summed E-state index contributed by atoms with van der Waals surface area (Å²) in [5, 5.41) is 10.1. The van der Waals surface area contributed by atoms with E-state index >= 15 is 0 Å².